The van der Waals surface area contributed by atoms with Crippen molar-refractivity contribution in [3.63, 3.8) is 0 Å². The van der Waals surface area contributed by atoms with Crippen molar-refractivity contribution in [1.29, 1.82) is 0 Å². The van der Waals surface area contributed by atoms with Crippen LogP contribution in [0.5, 0.6) is 0 Å². The van der Waals surface area contributed by atoms with E-state index in [2.05, 4.69) is 20.2 Å². The molecular weight excluding hydrogens is 408 g/mol. The zero-order chi connectivity index (χ0) is 22.1. The normalized spacial score (nSPS) is 14.4. The highest BCUT2D eigenvalue weighted by Crippen LogP contribution is 2.32. The molecule has 1 saturated heterocycles. The van der Waals surface area contributed by atoms with E-state index in [1.54, 1.807) is 0 Å². The predicted molar refractivity (Wildman–Crippen MR) is 116 cm³/mol. The third-order valence-corrected chi connectivity index (χ3v) is 5.73. The number of carboxylic acid groups (broad SMARTS) is 1. The van der Waals surface area contributed by atoms with Crippen molar-refractivity contribution >= 4 is 5.97 Å². The molecule has 5 rings (SSSR count). The van der Waals surface area contributed by atoms with E-state index in [0.29, 0.717) is 42.7 Å². The van der Waals surface area contributed by atoms with Crippen LogP contribution >= 0.6 is 0 Å². The Morgan fingerprint density at radius 3 is 2.47 bits per heavy atom. The van der Waals surface area contributed by atoms with Gasteiger partial charge < -0.3 is 14.2 Å². The van der Waals surface area contributed by atoms with E-state index in [1.165, 1.54) is 0 Å². The van der Waals surface area contributed by atoms with Crippen molar-refractivity contribution in [2.45, 2.75) is 19.9 Å². The van der Waals surface area contributed by atoms with Crippen LogP contribution in [0.4, 0.5) is 0 Å². The first-order valence-corrected chi connectivity index (χ1v) is 10.5. The van der Waals surface area contributed by atoms with Gasteiger partial charge in [-0.3, -0.25) is 9.69 Å². The standard InChI is InChI=1S/C24H22N4O4/c1-2-19-20(26-31-21(19)16-6-4-3-5-7-16)23-25-22(27-32-23)17-10-8-15(9-11-17)12-28-13-18(14-28)24(29)30/h3-11,18H,2,12-14H2,1H3,(H,29,30). The largest absolute Gasteiger partial charge is 0.481 e. The minimum Gasteiger partial charge on any atom is -0.481 e. The molecule has 0 bridgehead atoms. The molecule has 3 heterocycles. The summed E-state index contributed by atoms with van der Waals surface area (Å²) in [4.78, 5) is 17.6. The number of nitrogens with zero attached hydrogens (tertiary/aromatic N) is 4. The second-order valence-electron chi connectivity index (χ2n) is 7.91. The van der Waals surface area contributed by atoms with E-state index in [9.17, 15) is 4.79 Å². The molecule has 8 heteroatoms. The molecule has 32 heavy (non-hydrogen) atoms. The van der Waals surface area contributed by atoms with Gasteiger partial charge in [-0.25, -0.2) is 0 Å². The molecule has 162 valence electrons. The van der Waals surface area contributed by atoms with Gasteiger partial charge in [0.05, 0.1) is 5.92 Å². The molecule has 1 aliphatic rings. The molecule has 0 atom stereocenters. The number of carboxylic acids is 1. The summed E-state index contributed by atoms with van der Waals surface area (Å²) in [7, 11) is 0. The third kappa shape index (κ3) is 3.80. The maximum absolute atomic E-state index is 10.9. The molecule has 0 amide bonds. The molecule has 1 aliphatic heterocycles. The van der Waals surface area contributed by atoms with Gasteiger partial charge in [-0.05, 0) is 12.0 Å². The fraction of sp³-hybridized carbons (Fsp3) is 0.250. The molecule has 2 aromatic carbocycles. The number of benzene rings is 2. The number of carbonyl (C=O) groups is 1. The van der Waals surface area contributed by atoms with Gasteiger partial charge in [-0.1, -0.05) is 71.8 Å². The van der Waals surface area contributed by atoms with Crippen LogP contribution in [-0.2, 0) is 17.8 Å². The molecule has 1 fully saturated rings. The molecule has 2 aromatic heterocycles. The zero-order valence-electron chi connectivity index (χ0n) is 17.6. The first kappa shape index (κ1) is 20.1. The maximum Gasteiger partial charge on any atom is 0.309 e. The monoisotopic (exact) mass is 430 g/mol. The third-order valence-electron chi connectivity index (χ3n) is 5.73. The zero-order valence-corrected chi connectivity index (χ0v) is 17.6. The lowest BCUT2D eigenvalue weighted by atomic mass is 9.99. The highest BCUT2D eigenvalue weighted by Gasteiger charge is 2.32. The van der Waals surface area contributed by atoms with E-state index in [-0.39, 0.29) is 5.92 Å². The summed E-state index contributed by atoms with van der Waals surface area (Å²) >= 11 is 0. The minimum atomic E-state index is -0.723. The predicted octanol–water partition coefficient (Wildman–Crippen LogP) is 4.14. The summed E-state index contributed by atoms with van der Waals surface area (Å²) in [6.07, 6.45) is 0.717. The topological polar surface area (TPSA) is 105 Å². The van der Waals surface area contributed by atoms with E-state index >= 15 is 0 Å². The Kier molecular flexibility index (Phi) is 5.28. The van der Waals surface area contributed by atoms with Gasteiger partial charge in [0.15, 0.2) is 11.5 Å². The van der Waals surface area contributed by atoms with E-state index in [1.807, 2.05) is 61.5 Å². The van der Waals surface area contributed by atoms with Gasteiger partial charge in [-0.15, -0.1) is 0 Å². The molecule has 0 radical (unpaired) electrons. The first-order valence-electron chi connectivity index (χ1n) is 10.5. The van der Waals surface area contributed by atoms with Crippen molar-refractivity contribution in [2.75, 3.05) is 13.1 Å². The molecule has 0 spiro atoms. The molecule has 0 saturated carbocycles. The van der Waals surface area contributed by atoms with Gasteiger partial charge in [0.1, 0.15) is 0 Å². The lowest BCUT2D eigenvalue weighted by molar-refractivity contribution is -0.147. The summed E-state index contributed by atoms with van der Waals surface area (Å²) < 4.78 is 11.1. The SMILES string of the molecule is CCc1c(-c2nc(-c3ccc(CN4CC(C(=O)O)C4)cc3)no2)noc1-c1ccccc1. The lowest BCUT2D eigenvalue weighted by Gasteiger charge is -2.36. The second-order valence-corrected chi connectivity index (χ2v) is 7.91. The van der Waals surface area contributed by atoms with Gasteiger partial charge in [0, 0.05) is 36.3 Å². The van der Waals surface area contributed by atoms with Crippen molar-refractivity contribution in [3.05, 3.63) is 65.7 Å². The van der Waals surface area contributed by atoms with Crippen LogP contribution in [0.1, 0.15) is 18.1 Å². The van der Waals surface area contributed by atoms with Gasteiger partial charge >= 0.3 is 5.97 Å². The Balaban J connectivity index is 1.32. The maximum atomic E-state index is 10.9. The fourth-order valence-corrected chi connectivity index (χ4v) is 3.93. The summed E-state index contributed by atoms with van der Waals surface area (Å²) in [5, 5.41) is 17.3. The molecule has 8 nitrogen and oxygen atoms in total. The number of aliphatic carboxylic acids is 1. The van der Waals surface area contributed by atoms with Gasteiger partial charge in [-0.2, -0.15) is 4.98 Å². The molecule has 0 unspecified atom stereocenters. The number of hydrogen-bond donors (Lipinski definition) is 1. The average Bonchev–Trinajstić information content (AvgIpc) is 3.43. The van der Waals surface area contributed by atoms with Crippen molar-refractivity contribution in [3.8, 4) is 34.3 Å². The summed E-state index contributed by atoms with van der Waals surface area (Å²) in [6.45, 7) is 3.94. The van der Waals surface area contributed by atoms with E-state index < -0.39 is 5.97 Å². The van der Waals surface area contributed by atoms with Crippen molar-refractivity contribution in [2.24, 2.45) is 5.92 Å². The van der Waals surface area contributed by atoms with Crippen molar-refractivity contribution < 1.29 is 18.9 Å². The Morgan fingerprint density at radius 2 is 1.78 bits per heavy atom. The van der Waals surface area contributed by atoms with Crippen molar-refractivity contribution in [1.82, 2.24) is 20.2 Å². The molecule has 4 aromatic rings. The Morgan fingerprint density at radius 1 is 1.03 bits per heavy atom. The summed E-state index contributed by atoms with van der Waals surface area (Å²) in [5.74, 6) is 0.543. The molecule has 1 N–H and O–H groups in total. The summed E-state index contributed by atoms with van der Waals surface area (Å²) in [6, 6.07) is 17.7. The van der Waals surface area contributed by atoms with Crippen LogP contribution in [0.25, 0.3) is 34.3 Å². The Bertz CT molecular complexity index is 1220. The van der Waals surface area contributed by atoms with Gasteiger partial charge in [0.25, 0.3) is 5.89 Å². The van der Waals surface area contributed by atoms with Gasteiger partial charge in [0.2, 0.25) is 5.82 Å². The van der Waals surface area contributed by atoms with Crippen LogP contribution < -0.4 is 0 Å². The highest BCUT2D eigenvalue weighted by atomic mass is 16.5. The van der Waals surface area contributed by atoms with Crippen LogP contribution in [0.3, 0.4) is 0 Å². The fourth-order valence-electron chi connectivity index (χ4n) is 3.93. The first-order chi connectivity index (χ1) is 15.6. The van der Waals surface area contributed by atoms with Crippen LogP contribution in [0.15, 0.2) is 63.6 Å². The quantitative estimate of drug-likeness (QED) is 0.466. The molecule has 0 aliphatic carbocycles. The van der Waals surface area contributed by atoms with Crippen LogP contribution in [0.2, 0.25) is 0 Å². The number of hydrogen-bond acceptors (Lipinski definition) is 7. The summed E-state index contributed by atoms with van der Waals surface area (Å²) in [5.41, 5.74) is 4.39. The Labute approximate surface area is 184 Å². The highest BCUT2D eigenvalue weighted by molar-refractivity contribution is 5.71. The van der Waals surface area contributed by atoms with Crippen LogP contribution in [-0.4, -0.2) is 44.4 Å². The van der Waals surface area contributed by atoms with Crippen LogP contribution in [0, 0.1) is 5.92 Å². The lowest BCUT2D eigenvalue weighted by Crippen LogP contribution is -2.49. The second kappa shape index (κ2) is 8.39. The number of aromatic nitrogens is 3. The average molecular weight is 430 g/mol. The Hall–Kier alpha value is -3.78. The van der Waals surface area contributed by atoms with E-state index in [4.69, 9.17) is 14.2 Å². The number of rotatable bonds is 7. The molecular formula is C24H22N4O4. The number of likely N-dealkylation sites (tertiary alicyclic amines) is 1. The minimum absolute atomic E-state index is 0.251. The smallest absolute Gasteiger partial charge is 0.309 e. The van der Waals surface area contributed by atoms with E-state index in [0.717, 1.165) is 28.8 Å².